The van der Waals surface area contributed by atoms with E-state index in [1.54, 1.807) is 0 Å². The fourth-order valence-corrected chi connectivity index (χ4v) is 2.04. The third-order valence-corrected chi connectivity index (χ3v) is 3.25. The van der Waals surface area contributed by atoms with Crippen LogP contribution in [0.2, 0.25) is 0 Å². The molecule has 0 saturated carbocycles. The van der Waals surface area contributed by atoms with Crippen molar-refractivity contribution >= 4 is 10.8 Å². The van der Waals surface area contributed by atoms with Crippen molar-refractivity contribution in [3.05, 3.63) is 29.8 Å². The molecule has 2 heteroatoms. The summed E-state index contributed by atoms with van der Waals surface area (Å²) < 4.78 is 11.5. The Morgan fingerprint density at radius 1 is 1.25 bits per heavy atom. The highest BCUT2D eigenvalue weighted by Crippen LogP contribution is 2.08. The summed E-state index contributed by atoms with van der Waals surface area (Å²) in [5.41, 5.74) is 1.22. The molecule has 0 heterocycles. The van der Waals surface area contributed by atoms with E-state index in [0.29, 0.717) is 0 Å². The van der Waals surface area contributed by atoms with Crippen molar-refractivity contribution in [3.63, 3.8) is 0 Å². The van der Waals surface area contributed by atoms with Crippen molar-refractivity contribution in [2.24, 2.45) is 0 Å². The maximum Gasteiger partial charge on any atom is 0.0529 e. The van der Waals surface area contributed by atoms with E-state index >= 15 is 0 Å². The fourth-order valence-electron chi connectivity index (χ4n) is 0.993. The summed E-state index contributed by atoms with van der Waals surface area (Å²) in [5, 5.41) is 0. The molecular weight excluding hydrogens is 168 g/mol. The van der Waals surface area contributed by atoms with Gasteiger partial charge in [-0.3, -0.25) is 4.21 Å². The quantitative estimate of drug-likeness (QED) is 0.702. The van der Waals surface area contributed by atoms with Gasteiger partial charge in [0, 0.05) is 10.6 Å². The molecule has 66 valence electrons. The molecule has 0 aliphatic heterocycles. The van der Waals surface area contributed by atoms with Crippen molar-refractivity contribution < 1.29 is 4.21 Å². The average Bonchev–Trinajstić information content (AvgIpc) is 2.06. The van der Waals surface area contributed by atoms with E-state index in [1.165, 1.54) is 5.56 Å². The van der Waals surface area contributed by atoms with Crippen molar-refractivity contribution in [2.45, 2.75) is 25.2 Å². The molecule has 0 spiro atoms. The zero-order valence-electron chi connectivity index (χ0n) is 7.54. The highest BCUT2D eigenvalue weighted by Gasteiger charge is 2.00. The van der Waals surface area contributed by atoms with Crippen molar-refractivity contribution in [2.75, 3.05) is 5.75 Å². The predicted octanol–water partition coefficient (Wildman–Crippen LogP) is 2.51. The molecule has 0 bridgehead atoms. The molecule has 0 unspecified atom stereocenters. The third kappa shape index (κ3) is 2.45. The van der Waals surface area contributed by atoms with Crippen LogP contribution in [-0.2, 0) is 10.8 Å². The summed E-state index contributed by atoms with van der Waals surface area (Å²) in [7, 11) is -0.792. The van der Waals surface area contributed by atoms with Crippen LogP contribution in [0.1, 0.15) is 18.9 Å². The van der Waals surface area contributed by atoms with Gasteiger partial charge >= 0.3 is 0 Å². The fraction of sp³-hybridized carbons (Fsp3) is 0.400. The van der Waals surface area contributed by atoms with E-state index < -0.39 is 10.8 Å². The van der Waals surface area contributed by atoms with Crippen LogP contribution in [-0.4, -0.2) is 9.96 Å². The number of hydrogen-bond acceptors (Lipinski definition) is 1. The van der Waals surface area contributed by atoms with E-state index in [4.69, 9.17) is 0 Å². The van der Waals surface area contributed by atoms with Crippen LogP contribution >= 0.6 is 0 Å². The summed E-state index contributed by atoms with van der Waals surface area (Å²) >= 11 is 0. The van der Waals surface area contributed by atoms with Gasteiger partial charge in [0.05, 0.1) is 10.8 Å². The van der Waals surface area contributed by atoms with Crippen molar-refractivity contribution in [1.29, 1.82) is 0 Å². The minimum atomic E-state index is -0.792. The van der Waals surface area contributed by atoms with E-state index in [0.717, 1.165) is 17.1 Å². The lowest BCUT2D eigenvalue weighted by molar-refractivity contribution is 0.682. The molecule has 12 heavy (non-hydrogen) atoms. The number of aryl methyl sites for hydroxylation is 1. The molecule has 0 amide bonds. The van der Waals surface area contributed by atoms with Gasteiger partial charge in [0.15, 0.2) is 0 Å². The predicted molar refractivity (Wildman–Crippen MR) is 52.7 cm³/mol. The molecule has 0 aromatic heterocycles. The number of rotatable bonds is 3. The van der Waals surface area contributed by atoms with Crippen molar-refractivity contribution in [3.8, 4) is 0 Å². The van der Waals surface area contributed by atoms with Crippen LogP contribution in [0.25, 0.3) is 0 Å². The van der Waals surface area contributed by atoms with Gasteiger partial charge in [0.1, 0.15) is 0 Å². The second-order valence-corrected chi connectivity index (χ2v) is 4.43. The van der Waals surface area contributed by atoms with Crippen LogP contribution in [0.4, 0.5) is 0 Å². The van der Waals surface area contributed by atoms with Gasteiger partial charge in [-0.15, -0.1) is 0 Å². The Kier molecular flexibility index (Phi) is 3.48. The Balaban J connectivity index is 2.75. The number of benzene rings is 1. The molecular formula is C10H14OS. The van der Waals surface area contributed by atoms with Gasteiger partial charge in [0.25, 0.3) is 0 Å². The normalized spacial score (nSPS) is 12.8. The first-order chi connectivity index (χ1) is 5.74. The van der Waals surface area contributed by atoms with Gasteiger partial charge in [-0.25, -0.2) is 0 Å². The zero-order valence-corrected chi connectivity index (χ0v) is 8.36. The standard InChI is InChI=1S/C10H14OS/c1-3-8-12(11)10-6-4-9(2)5-7-10/h4-7H,3,8H2,1-2H3/t12-/m1/s1. The SMILES string of the molecule is CCC[S@@](=O)c1ccc(C)cc1. The van der Waals surface area contributed by atoms with Crippen LogP contribution in [0, 0.1) is 6.92 Å². The molecule has 0 saturated heterocycles. The van der Waals surface area contributed by atoms with Gasteiger partial charge in [-0.05, 0) is 25.5 Å². The molecule has 0 N–H and O–H groups in total. The Hall–Kier alpha value is -0.630. The highest BCUT2D eigenvalue weighted by molar-refractivity contribution is 7.85. The monoisotopic (exact) mass is 182 g/mol. The summed E-state index contributed by atoms with van der Waals surface area (Å²) in [4.78, 5) is 0.947. The Morgan fingerprint density at radius 3 is 2.33 bits per heavy atom. The lowest BCUT2D eigenvalue weighted by atomic mass is 10.2. The third-order valence-electron chi connectivity index (χ3n) is 1.67. The van der Waals surface area contributed by atoms with Crippen LogP contribution in [0.3, 0.4) is 0 Å². The average molecular weight is 182 g/mol. The first-order valence-corrected chi connectivity index (χ1v) is 5.51. The first-order valence-electron chi connectivity index (χ1n) is 4.19. The van der Waals surface area contributed by atoms with E-state index in [9.17, 15) is 4.21 Å². The maximum atomic E-state index is 11.5. The summed E-state index contributed by atoms with van der Waals surface area (Å²) in [5.74, 6) is 0.767. The Bertz CT molecular complexity index is 264. The van der Waals surface area contributed by atoms with Gasteiger partial charge in [-0.2, -0.15) is 0 Å². The molecule has 1 atom stereocenters. The Morgan fingerprint density at radius 2 is 1.83 bits per heavy atom. The number of hydrogen-bond donors (Lipinski definition) is 0. The molecule has 1 aromatic carbocycles. The summed E-state index contributed by atoms with van der Waals surface area (Å²) in [6.45, 7) is 4.08. The van der Waals surface area contributed by atoms with Gasteiger partial charge < -0.3 is 0 Å². The van der Waals surface area contributed by atoms with E-state index in [1.807, 2.05) is 38.1 Å². The van der Waals surface area contributed by atoms with Crippen LogP contribution < -0.4 is 0 Å². The molecule has 1 rings (SSSR count). The zero-order chi connectivity index (χ0) is 8.97. The highest BCUT2D eigenvalue weighted by atomic mass is 32.2. The van der Waals surface area contributed by atoms with Crippen LogP contribution in [0.15, 0.2) is 29.2 Å². The van der Waals surface area contributed by atoms with Crippen LogP contribution in [0.5, 0.6) is 0 Å². The minimum Gasteiger partial charge on any atom is -0.254 e. The molecule has 0 aliphatic rings. The topological polar surface area (TPSA) is 17.1 Å². The van der Waals surface area contributed by atoms with E-state index in [-0.39, 0.29) is 0 Å². The van der Waals surface area contributed by atoms with Crippen molar-refractivity contribution in [1.82, 2.24) is 0 Å². The second-order valence-electron chi connectivity index (χ2n) is 2.86. The second kappa shape index (κ2) is 4.41. The van der Waals surface area contributed by atoms with Gasteiger partial charge in [0.2, 0.25) is 0 Å². The summed E-state index contributed by atoms with van der Waals surface area (Å²) in [6, 6.07) is 7.90. The molecule has 1 nitrogen and oxygen atoms in total. The minimum absolute atomic E-state index is 0.767. The molecule has 1 aromatic rings. The smallest absolute Gasteiger partial charge is 0.0529 e. The molecule has 0 radical (unpaired) electrons. The Labute approximate surface area is 76.3 Å². The molecule has 0 fully saturated rings. The summed E-state index contributed by atoms with van der Waals surface area (Å²) in [6.07, 6.45) is 0.973. The van der Waals surface area contributed by atoms with Gasteiger partial charge in [-0.1, -0.05) is 24.6 Å². The first kappa shape index (κ1) is 9.46. The maximum absolute atomic E-state index is 11.5. The lowest BCUT2D eigenvalue weighted by Crippen LogP contribution is -1.95. The lowest BCUT2D eigenvalue weighted by Gasteiger charge is -1.99. The largest absolute Gasteiger partial charge is 0.254 e. The molecule has 0 aliphatic carbocycles. The van der Waals surface area contributed by atoms with E-state index in [2.05, 4.69) is 0 Å².